The van der Waals surface area contributed by atoms with Crippen molar-refractivity contribution in [2.24, 2.45) is 0 Å². The van der Waals surface area contributed by atoms with Crippen molar-refractivity contribution < 1.29 is 4.92 Å². The summed E-state index contributed by atoms with van der Waals surface area (Å²) in [6.07, 6.45) is 0. The van der Waals surface area contributed by atoms with Crippen molar-refractivity contribution in [3.8, 4) is 0 Å². The predicted octanol–water partition coefficient (Wildman–Crippen LogP) is 3.47. The smallest absolute Gasteiger partial charge is 0.263 e. The van der Waals surface area contributed by atoms with Gasteiger partial charge in [-0.25, -0.2) is 0 Å². The first-order valence-corrected chi connectivity index (χ1v) is 6.18. The lowest BCUT2D eigenvalue weighted by Crippen LogP contribution is -2.22. The van der Waals surface area contributed by atoms with E-state index in [2.05, 4.69) is 0 Å². The van der Waals surface area contributed by atoms with Crippen molar-refractivity contribution >= 4 is 36.0 Å². The zero-order chi connectivity index (χ0) is 12.0. The monoisotopic (exact) mass is 296 g/mol. The Hall–Kier alpha value is -0.490. The number of hydrogen-bond donors (Lipinski definition) is 0. The van der Waals surface area contributed by atoms with Crippen LogP contribution in [0.3, 0.4) is 0 Å². The Morgan fingerprint density at radius 1 is 1.47 bits per heavy atom. The van der Waals surface area contributed by atoms with E-state index < -0.39 is 0 Å². The fourth-order valence-electron chi connectivity index (χ4n) is 1.14. The molecule has 0 aromatic heterocycles. The first-order valence-electron chi connectivity index (χ1n) is 4.86. The predicted molar refractivity (Wildman–Crippen MR) is 74.2 cm³/mol. The lowest BCUT2D eigenvalue weighted by atomic mass is 10.2. The van der Waals surface area contributed by atoms with Gasteiger partial charge in [-0.05, 0) is 11.6 Å². The molecule has 0 unspecified atom stereocenters. The standard InChI is InChI=1S/C10H13ClN2O2S.ClH/c1-2-12(8-13(14)15)16-7-9-5-3-4-6-10(9)11;/h3-6H,2,7-8H2,1H3;1H. The molecule has 4 nitrogen and oxygen atoms in total. The minimum Gasteiger partial charge on any atom is -0.263 e. The van der Waals surface area contributed by atoms with Crippen LogP contribution in [0.5, 0.6) is 0 Å². The molecule has 17 heavy (non-hydrogen) atoms. The van der Waals surface area contributed by atoms with E-state index in [1.54, 1.807) is 4.31 Å². The maximum absolute atomic E-state index is 10.4. The van der Waals surface area contributed by atoms with E-state index in [1.807, 2.05) is 31.2 Å². The summed E-state index contributed by atoms with van der Waals surface area (Å²) in [7, 11) is 0. The van der Waals surface area contributed by atoms with E-state index >= 15 is 0 Å². The molecule has 0 fully saturated rings. The summed E-state index contributed by atoms with van der Waals surface area (Å²) in [4.78, 5) is 10.0. The molecule has 0 saturated carbocycles. The second kappa shape index (κ2) is 8.58. The van der Waals surface area contributed by atoms with Gasteiger partial charge in [0.05, 0.1) is 0 Å². The fraction of sp³-hybridized carbons (Fsp3) is 0.400. The van der Waals surface area contributed by atoms with Gasteiger partial charge in [0.2, 0.25) is 0 Å². The van der Waals surface area contributed by atoms with Crippen molar-refractivity contribution in [2.75, 3.05) is 13.2 Å². The molecule has 0 spiro atoms. The summed E-state index contributed by atoms with van der Waals surface area (Å²) in [5.74, 6) is 0.654. The average Bonchev–Trinajstić information content (AvgIpc) is 2.25. The molecule has 7 heteroatoms. The first kappa shape index (κ1) is 16.5. The van der Waals surface area contributed by atoms with Crippen molar-refractivity contribution in [3.05, 3.63) is 45.0 Å². The Morgan fingerprint density at radius 2 is 2.12 bits per heavy atom. The van der Waals surface area contributed by atoms with Crippen LogP contribution in [0, 0.1) is 10.1 Å². The lowest BCUT2D eigenvalue weighted by Gasteiger charge is -2.14. The SMILES string of the molecule is CCN(C[N+](=O)[O-])SCc1ccccc1Cl.Cl. The van der Waals surface area contributed by atoms with Gasteiger partial charge in [-0.15, -0.1) is 12.4 Å². The molecule has 96 valence electrons. The highest BCUT2D eigenvalue weighted by Gasteiger charge is 2.10. The highest BCUT2D eigenvalue weighted by Crippen LogP contribution is 2.22. The Labute approximate surface area is 116 Å². The maximum Gasteiger partial charge on any atom is 0.268 e. The molecule has 0 atom stereocenters. The van der Waals surface area contributed by atoms with E-state index in [-0.39, 0.29) is 24.0 Å². The topological polar surface area (TPSA) is 46.4 Å². The van der Waals surface area contributed by atoms with E-state index in [0.717, 1.165) is 5.56 Å². The molecule has 0 saturated heterocycles. The van der Waals surface area contributed by atoms with Crippen LogP contribution in [-0.4, -0.2) is 22.4 Å². The van der Waals surface area contributed by atoms with Crippen LogP contribution in [0.1, 0.15) is 12.5 Å². The molecule has 0 aliphatic rings. The molecule has 0 amide bonds. The Morgan fingerprint density at radius 3 is 2.65 bits per heavy atom. The molecular formula is C10H14Cl2N2O2S. The minimum atomic E-state index is -0.330. The molecule has 1 aromatic rings. The largest absolute Gasteiger partial charge is 0.268 e. The van der Waals surface area contributed by atoms with Gasteiger partial charge in [0, 0.05) is 22.2 Å². The minimum absolute atomic E-state index is 0. The van der Waals surface area contributed by atoms with Gasteiger partial charge >= 0.3 is 0 Å². The quantitative estimate of drug-likeness (QED) is 0.349. The number of nitrogens with zero attached hydrogens (tertiary/aromatic N) is 2. The molecule has 0 N–H and O–H groups in total. The highest BCUT2D eigenvalue weighted by molar-refractivity contribution is 7.96. The molecular weight excluding hydrogens is 283 g/mol. The summed E-state index contributed by atoms with van der Waals surface area (Å²) >= 11 is 7.42. The van der Waals surface area contributed by atoms with Gasteiger partial charge in [0.15, 0.2) is 0 Å². The van der Waals surface area contributed by atoms with Gasteiger partial charge in [0.25, 0.3) is 6.67 Å². The van der Waals surface area contributed by atoms with Gasteiger partial charge in [-0.3, -0.25) is 10.1 Å². The molecule has 0 bridgehead atoms. The zero-order valence-electron chi connectivity index (χ0n) is 9.34. The fourth-order valence-corrected chi connectivity index (χ4v) is 2.35. The Kier molecular flexibility index (Phi) is 8.33. The van der Waals surface area contributed by atoms with Crippen LogP contribution in [0.15, 0.2) is 24.3 Å². The van der Waals surface area contributed by atoms with Crippen molar-refractivity contribution in [1.29, 1.82) is 0 Å². The van der Waals surface area contributed by atoms with Crippen LogP contribution in [0.25, 0.3) is 0 Å². The molecule has 0 heterocycles. The number of hydrogen-bond acceptors (Lipinski definition) is 4. The van der Waals surface area contributed by atoms with E-state index in [0.29, 0.717) is 17.3 Å². The second-order valence-corrected chi connectivity index (χ2v) is 4.61. The second-order valence-electron chi connectivity index (χ2n) is 3.14. The maximum atomic E-state index is 10.4. The zero-order valence-corrected chi connectivity index (χ0v) is 11.7. The molecule has 0 aliphatic heterocycles. The summed E-state index contributed by atoms with van der Waals surface area (Å²) in [5.41, 5.74) is 0.996. The Balaban J connectivity index is 0.00000256. The van der Waals surface area contributed by atoms with Crippen LogP contribution in [0.4, 0.5) is 0 Å². The van der Waals surface area contributed by atoms with Crippen LogP contribution >= 0.6 is 36.0 Å². The summed E-state index contributed by atoms with van der Waals surface area (Å²) in [5, 5.41) is 11.1. The third-order valence-corrected chi connectivity index (χ3v) is 3.53. The van der Waals surface area contributed by atoms with E-state index in [9.17, 15) is 10.1 Å². The van der Waals surface area contributed by atoms with Gasteiger partial charge in [-0.2, -0.15) is 4.31 Å². The summed E-state index contributed by atoms with van der Waals surface area (Å²) in [6, 6.07) is 7.52. The molecule has 1 aromatic carbocycles. The number of halogens is 2. The van der Waals surface area contributed by atoms with E-state index in [1.165, 1.54) is 11.9 Å². The summed E-state index contributed by atoms with van der Waals surface area (Å²) < 4.78 is 1.70. The van der Waals surface area contributed by atoms with Gasteiger partial charge in [0.1, 0.15) is 0 Å². The Bertz CT molecular complexity index is 366. The van der Waals surface area contributed by atoms with Gasteiger partial charge in [-0.1, -0.05) is 48.7 Å². The highest BCUT2D eigenvalue weighted by atomic mass is 35.5. The molecule has 0 radical (unpaired) electrons. The molecule has 1 rings (SSSR count). The van der Waals surface area contributed by atoms with Crippen LogP contribution in [-0.2, 0) is 5.75 Å². The van der Waals surface area contributed by atoms with Crippen molar-refractivity contribution in [3.63, 3.8) is 0 Å². The number of rotatable bonds is 6. The number of benzene rings is 1. The summed E-state index contributed by atoms with van der Waals surface area (Å²) in [6.45, 7) is 2.38. The normalized spacial score (nSPS) is 10.1. The van der Waals surface area contributed by atoms with Crippen molar-refractivity contribution in [1.82, 2.24) is 4.31 Å². The van der Waals surface area contributed by atoms with E-state index in [4.69, 9.17) is 11.6 Å². The van der Waals surface area contributed by atoms with Crippen molar-refractivity contribution in [2.45, 2.75) is 12.7 Å². The molecule has 0 aliphatic carbocycles. The first-order chi connectivity index (χ1) is 7.63. The van der Waals surface area contributed by atoms with Gasteiger partial charge < -0.3 is 0 Å². The lowest BCUT2D eigenvalue weighted by molar-refractivity contribution is -0.496. The number of nitro groups is 1. The van der Waals surface area contributed by atoms with Crippen LogP contribution < -0.4 is 0 Å². The third-order valence-electron chi connectivity index (χ3n) is 1.99. The third kappa shape index (κ3) is 6.12. The van der Waals surface area contributed by atoms with Crippen LogP contribution in [0.2, 0.25) is 5.02 Å². The average molecular weight is 297 g/mol.